The van der Waals surface area contributed by atoms with Gasteiger partial charge in [0.1, 0.15) is 18.0 Å². The zero-order valence-corrected chi connectivity index (χ0v) is 16.8. The summed E-state index contributed by atoms with van der Waals surface area (Å²) in [5, 5.41) is 9.73. The number of hydrogen-bond acceptors (Lipinski definition) is 8. The molecule has 0 aliphatic carbocycles. The zero-order chi connectivity index (χ0) is 20.6. The average Bonchev–Trinajstić information content (AvgIpc) is 2.80. The molecule has 0 amide bonds. The molecule has 4 heterocycles. The molecule has 8 heteroatoms. The topological polar surface area (TPSA) is 101 Å². The quantitative estimate of drug-likeness (QED) is 0.369. The normalized spacial score (nSPS) is 10.8. The standard InChI is InChI=1S/C22H24N8/c1-23-11-12-26-20-5-4-17(14-28-20)19-13-21(30-15-29-19)25-10-7-16-6-9-24-18-3-2-8-27-22(16)18/h2-6,8-9,13-15,23H,7,10-12H2,1H3,(H,26,28)(H,25,29,30). The molecule has 30 heavy (non-hydrogen) atoms. The first-order valence-electron chi connectivity index (χ1n) is 9.93. The van der Waals surface area contributed by atoms with Gasteiger partial charge in [-0.05, 0) is 49.4 Å². The third kappa shape index (κ3) is 4.84. The molecule has 0 aliphatic heterocycles. The Labute approximate surface area is 175 Å². The van der Waals surface area contributed by atoms with Gasteiger partial charge in [-0.15, -0.1) is 0 Å². The van der Waals surface area contributed by atoms with Crippen LogP contribution in [0.1, 0.15) is 5.56 Å². The number of pyridine rings is 3. The van der Waals surface area contributed by atoms with Gasteiger partial charge >= 0.3 is 0 Å². The van der Waals surface area contributed by atoms with Crippen molar-refractivity contribution in [3.63, 3.8) is 0 Å². The number of anilines is 2. The molecule has 0 saturated carbocycles. The molecule has 0 saturated heterocycles. The van der Waals surface area contributed by atoms with Crippen molar-refractivity contribution in [2.45, 2.75) is 6.42 Å². The van der Waals surface area contributed by atoms with Crippen molar-refractivity contribution in [3.8, 4) is 11.3 Å². The molecule has 0 atom stereocenters. The highest BCUT2D eigenvalue weighted by Crippen LogP contribution is 2.19. The Bertz CT molecular complexity index is 1090. The lowest BCUT2D eigenvalue weighted by molar-refractivity contribution is 0.821. The van der Waals surface area contributed by atoms with Gasteiger partial charge in [0.15, 0.2) is 0 Å². The summed E-state index contributed by atoms with van der Waals surface area (Å²) in [6.07, 6.45) is 7.84. The van der Waals surface area contributed by atoms with Crippen LogP contribution in [-0.2, 0) is 6.42 Å². The van der Waals surface area contributed by atoms with Gasteiger partial charge in [-0.1, -0.05) is 0 Å². The molecule has 4 aromatic rings. The van der Waals surface area contributed by atoms with Crippen molar-refractivity contribution in [1.82, 2.24) is 30.2 Å². The molecule has 0 fully saturated rings. The van der Waals surface area contributed by atoms with Crippen LogP contribution >= 0.6 is 0 Å². The van der Waals surface area contributed by atoms with Crippen LogP contribution in [0.5, 0.6) is 0 Å². The van der Waals surface area contributed by atoms with Crippen LogP contribution in [-0.4, -0.2) is 51.6 Å². The number of fused-ring (bicyclic) bond motifs is 1. The molecule has 0 aliphatic rings. The number of hydrogen-bond donors (Lipinski definition) is 3. The number of nitrogens with one attached hydrogen (secondary N) is 3. The summed E-state index contributed by atoms with van der Waals surface area (Å²) in [6, 6.07) is 11.8. The first-order chi connectivity index (χ1) is 14.8. The molecule has 8 nitrogen and oxygen atoms in total. The van der Waals surface area contributed by atoms with Crippen molar-refractivity contribution in [1.29, 1.82) is 0 Å². The molecule has 4 rings (SSSR count). The van der Waals surface area contributed by atoms with Gasteiger partial charge < -0.3 is 16.0 Å². The second-order valence-corrected chi connectivity index (χ2v) is 6.77. The van der Waals surface area contributed by atoms with E-state index in [-0.39, 0.29) is 0 Å². The Morgan fingerprint density at radius 2 is 1.73 bits per heavy atom. The van der Waals surface area contributed by atoms with Gasteiger partial charge in [-0.25, -0.2) is 15.0 Å². The van der Waals surface area contributed by atoms with E-state index in [4.69, 9.17) is 0 Å². The monoisotopic (exact) mass is 400 g/mol. The predicted octanol–water partition coefficient (Wildman–Crippen LogP) is 2.77. The van der Waals surface area contributed by atoms with E-state index in [0.29, 0.717) is 0 Å². The fourth-order valence-electron chi connectivity index (χ4n) is 3.14. The summed E-state index contributed by atoms with van der Waals surface area (Å²) in [6.45, 7) is 2.45. The summed E-state index contributed by atoms with van der Waals surface area (Å²) in [4.78, 5) is 22.0. The van der Waals surface area contributed by atoms with Crippen molar-refractivity contribution in [2.24, 2.45) is 0 Å². The van der Waals surface area contributed by atoms with Gasteiger partial charge in [0.2, 0.25) is 0 Å². The van der Waals surface area contributed by atoms with E-state index in [1.54, 1.807) is 12.5 Å². The minimum atomic E-state index is 0.735. The second-order valence-electron chi connectivity index (χ2n) is 6.77. The summed E-state index contributed by atoms with van der Waals surface area (Å²) >= 11 is 0. The highest BCUT2D eigenvalue weighted by atomic mass is 15.0. The molecule has 0 unspecified atom stereocenters. The lowest BCUT2D eigenvalue weighted by Gasteiger charge is -2.09. The molecule has 0 bridgehead atoms. The van der Waals surface area contributed by atoms with Gasteiger partial charge in [-0.2, -0.15) is 0 Å². The SMILES string of the molecule is CNCCNc1ccc(-c2cc(NCCc3ccnc4cccnc34)ncn2)cn1. The Balaban J connectivity index is 1.39. The first kappa shape index (κ1) is 19.7. The van der Waals surface area contributed by atoms with Gasteiger partial charge in [0.05, 0.1) is 16.7 Å². The van der Waals surface area contributed by atoms with E-state index in [2.05, 4.69) is 40.9 Å². The van der Waals surface area contributed by atoms with Crippen molar-refractivity contribution >= 4 is 22.7 Å². The lowest BCUT2D eigenvalue weighted by atomic mass is 10.1. The Hall–Kier alpha value is -3.65. The maximum Gasteiger partial charge on any atom is 0.129 e. The fraction of sp³-hybridized carbons (Fsp3) is 0.227. The lowest BCUT2D eigenvalue weighted by Crippen LogP contribution is -2.18. The van der Waals surface area contributed by atoms with E-state index < -0.39 is 0 Å². The number of likely N-dealkylation sites (N-methyl/N-ethyl adjacent to an activating group) is 1. The smallest absolute Gasteiger partial charge is 0.129 e. The molecule has 0 spiro atoms. The minimum absolute atomic E-state index is 0.735. The molecule has 152 valence electrons. The van der Waals surface area contributed by atoms with Crippen molar-refractivity contribution in [2.75, 3.05) is 37.3 Å². The van der Waals surface area contributed by atoms with Crippen LogP contribution in [0.2, 0.25) is 0 Å². The summed E-state index contributed by atoms with van der Waals surface area (Å²) in [7, 11) is 1.93. The van der Waals surface area contributed by atoms with Crippen LogP contribution in [0.4, 0.5) is 11.6 Å². The van der Waals surface area contributed by atoms with Gasteiger partial charge in [-0.3, -0.25) is 9.97 Å². The average molecular weight is 400 g/mol. The molecule has 0 radical (unpaired) electrons. The van der Waals surface area contributed by atoms with Crippen LogP contribution in [0.25, 0.3) is 22.3 Å². The maximum absolute atomic E-state index is 4.46. The third-order valence-electron chi connectivity index (χ3n) is 4.69. The van der Waals surface area contributed by atoms with Crippen molar-refractivity contribution < 1.29 is 0 Å². The van der Waals surface area contributed by atoms with Crippen LogP contribution < -0.4 is 16.0 Å². The summed E-state index contributed by atoms with van der Waals surface area (Å²) in [5.41, 5.74) is 4.80. The molecule has 4 aromatic heterocycles. The predicted molar refractivity (Wildman–Crippen MR) is 119 cm³/mol. The maximum atomic E-state index is 4.46. The largest absolute Gasteiger partial charge is 0.370 e. The Kier molecular flexibility index (Phi) is 6.36. The number of nitrogens with zero attached hydrogens (tertiary/aromatic N) is 5. The molecule has 3 N–H and O–H groups in total. The van der Waals surface area contributed by atoms with Crippen molar-refractivity contribution in [3.05, 3.63) is 66.9 Å². The molecular formula is C22H24N8. The van der Waals surface area contributed by atoms with Crippen LogP contribution in [0.3, 0.4) is 0 Å². The number of aromatic nitrogens is 5. The van der Waals surface area contributed by atoms with E-state index in [9.17, 15) is 0 Å². The van der Waals surface area contributed by atoms with E-state index >= 15 is 0 Å². The molecule has 0 aromatic carbocycles. The van der Waals surface area contributed by atoms with Gasteiger partial charge in [0, 0.05) is 49.9 Å². The Morgan fingerprint density at radius 1 is 0.800 bits per heavy atom. The highest BCUT2D eigenvalue weighted by molar-refractivity contribution is 5.77. The van der Waals surface area contributed by atoms with Crippen LogP contribution in [0, 0.1) is 0 Å². The number of rotatable bonds is 9. The van der Waals surface area contributed by atoms with E-state index in [1.807, 2.05) is 55.8 Å². The third-order valence-corrected chi connectivity index (χ3v) is 4.69. The highest BCUT2D eigenvalue weighted by Gasteiger charge is 2.05. The van der Waals surface area contributed by atoms with Gasteiger partial charge in [0.25, 0.3) is 0 Å². The van der Waals surface area contributed by atoms with E-state index in [1.165, 1.54) is 0 Å². The second kappa shape index (κ2) is 9.71. The summed E-state index contributed by atoms with van der Waals surface area (Å²) in [5.74, 6) is 1.63. The van der Waals surface area contributed by atoms with E-state index in [0.717, 1.165) is 65.5 Å². The fourth-order valence-corrected chi connectivity index (χ4v) is 3.14. The molecular weight excluding hydrogens is 376 g/mol. The zero-order valence-electron chi connectivity index (χ0n) is 16.8. The summed E-state index contributed by atoms with van der Waals surface area (Å²) < 4.78 is 0. The minimum Gasteiger partial charge on any atom is -0.370 e. The Morgan fingerprint density at radius 3 is 2.60 bits per heavy atom. The van der Waals surface area contributed by atoms with Crippen LogP contribution in [0.15, 0.2) is 61.3 Å². The first-order valence-corrected chi connectivity index (χ1v) is 9.93.